The Morgan fingerprint density at radius 1 is 1.75 bits per heavy atom. The zero-order chi connectivity index (χ0) is 3.41. The fraction of sp³-hybridized carbons (Fsp3) is 0. The van der Waals surface area contributed by atoms with Gasteiger partial charge in [0.2, 0.25) is 0 Å². The van der Waals surface area contributed by atoms with Crippen LogP contribution in [0.3, 0.4) is 0 Å². The second-order valence-corrected chi connectivity index (χ2v) is 0.205. The predicted molar refractivity (Wildman–Crippen MR) is 10.8 cm³/mol. The summed E-state index contributed by atoms with van der Waals surface area (Å²) in [7, 11) is 0. The zero-order valence-electron chi connectivity index (χ0n) is 1.92. The lowest BCUT2D eigenvalue weighted by atomic mass is 12.7. The number of hydrogen-bond donors (Lipinski definition) is 2. The van der Waals surface area contributed by atoms with Gasteiger partial charge in [-0.05, 0) is 5.22 Å². The minimum atomic E-state index is 2.14. The largest absolute Gasteiger partial charge is 0.393 e. The maximum absolute atomic E-state index is 7.21. The summed E-state index contributed by atoms with van der Waals surface area (Å²) in [5, 5.41) is 11.8. The molecule has 0 aliphatic heterocycles. The average Bonchev–Trinajstić information content (AvgIpc) is 1.37. The third kappa shape index (κ3) is 1.20. The van der Waals surface area contributed by atoms with Crippen LogP contribution in [-0.4, -0.2) is 5.21 Å². The number of hydrogen-bond acceptors (Lipinski definition) is 2. The molecule has 0 atom stereocenters. The molecule has 0 bridgehead atoms. The van der Waals surface area contributed by atoms with Crippen LogP contribution in [0.4, 0.5) is 0 Å². The summed E-state index contributed by atoms with van der Waals surface area (Å²) in [4.78, 5) is 0. The molecule has 0 aliphatic carbocycles. The molecule has 0 radical (unpaired) electrons. The molecule has 0 fully saturated rings. The normalized spacial score (nSPS) is 9.00. The topological polar surface area (TPSA) is 71.0 Å². The van der Waals surface area contributed by atoms with Gasteiger partial charge in [-0.2, -0.15) is 0 Å². The molecule has 4 nitrogen and oxygen atoms in total. The van der Waals surface area contributed by atoms with Crippen molar-refractivity contribution in [2.24, 2.45) is 16.3 Å². The summed E-state index contributed by atoms with van der Waals surface area (Å²) in [5.41, 5.74) is 0. The van der Waals surface area contributed by atoms with Crippen LogP contribution in [0.2, 0.25) is 0 Å². The average molecular weight is 61.0 g/mol. The van der Waals surface area contributed by atoms with Crippen molar-refractivity contribution >= 4 is 0 Å². The van der Waals surface area contributed by atoms with Gasteiger partial charge < -0.3 is 11.0 Å². The second-order valence-electron chi connectivity index (χ2n) is 0.205. The molecule has 0 rings (SSSR count). The van der Waals surface area contributed by atoms with E-state index in [0.717, 1.165) is 0 Å². The third-order valence-electron chi connectivity index (χ3n) is 0.0516. The first-order valence-corrected chi connectivity index (χ1v) is 0.658. The van der Waals surface area contributed by atoms with E-state index in [1.807, 2.05) is 0 Å². The lowest BCUT2D eigenvalue weighted by Gasteiger charge is -1.54. The number of nitrogens with zero attached hydrogens (tertiary/aromatic N) is 2. The summed E-state index contributed by atoms with van der Waals surface area (Å²) in [5.74, 6) is 4.24. The molecule has 0 unspecified atom stereocenters. The highest BCUT2D eigenvalue weighted by Crippen LogP contribution is 1.40. The Morgan fingerprint density at radius 2 is 2.00 bits per heavy atom. The zero-order valence-corrected chi connectivity index (χ0v) is 1.92. The molecular weight excluding hydrogens is 58.0 g/mol. The number of rotatable bonds is 0. The van der Waals surface area contributed by atoms with E-state index in [0.29, 0.717) is 0 Å². The van der Waals surface area contributed by atoms with Crippen LogP contribution < -0.4 is 5.84 Å². The first-order valence-electron chi connectivity index (χ1n) is 0.658. The van der Waals surface area contributed by atoms with Gasteiger partial charge in [0.05, 0.1) is 0 Å². The van der Waals surface area contributed by atoms with Crippen molar-refractivity contribution in [1.82, 2.24) is 0 Å². The maximum atomic E-state index is 7.21. The van der Waals surface area contributed by atoms with Crippen molar-refractivity contribution in [2.45, 2.75) is 0 Å². The molecule has 4 heavy (non-hydrogen) atoms. The van der Waals surface area contributed by atoms with Crippen molar-refractivity contribution in [3.63, 3.8) is 0 Å². The van der Waals surface area contributed by atoms with Gasteiger partial charge in [-0.25, -0.2) is 0 Å². The van der Waals surface area contributed by atoms with Gasteiger partial charge in [-0.3, -0.25) is 0 Å². The summed E-state index contributed by atoms with van der Waals surface area (Å²) in [6.07, 6.45) is 0. The molecule has 0 saturated carbocycles. The Balaban J connectivity index is 2.55. The molecular formula is H3N3O. The van der Waals surface area contributed by atoms with Crippen molar-refractivity contribution in [3.8, 4) is 0 Å². The molecule has 24 valence electrons. The standard InChI is InChI=1S/H3N3O/c1-2-3-4/h(H2,1,3)(H,2,4). The predicted octanol–water partition coefficient (Wildman–Crippen LogP) is -0.298. The smallest absolute Gasteiger partial charge is 0.0425 e. The molecule has 0 aromatic heterocycles. The first kappa shape index (κ1) is 3.20. The highest BCUT2D eigenvalue weighted by Gasteiger charge is 1.31. The van der Waals surface area contributed by atoms with Gasteiger partial charge in [0.15, 0.2) is 0 Å². The summed E-state index contributed by atoms with van der Waals surface area (Å²) in [6, 6.07) is 0. The van der Waals surface area contributed by atoms with Gasteiger partial charge in [0.25, 0.3) is 0 Å². The van der Waals surface area contributed by atoms with Crippen LogP contribution in [0.5, 0.6) is 0 Å². The molecule has 0 aliphatic rings. The number of nitrogens with two attached hydrogens (primary N) is 1. The van der Waals surface area contributed by atoms with E-state index >= 15 is 0 Å². The van der Waals surface area contributed by atoms with E-state index in [9.17, 15) is 0 Å². The monoisotopic (exact) mass is 61.0 g/mol. The Morgan fingerprint density at radius 3 is 2.00 bits per heavy atom. The van der Waals surface area contributed by atoms with Crippen molar-refractivity contribution in [3.05, 3.63) is 0 Å². The van der Waals surface area contributed by atoms with Crippen LogP contribution in [0.1, 0.15) is 0 Å². The molecule has 0 saturated heterocycles. The molecule has 0 amide bonds. The van der Waals surface area contributed by atoms with Gasteiger partial charge in [0, 0.05) is 5.28 Å². The van der Waals surface area contributed by atoms with E-state index in [1.165, 1.54) is 0 Å². The van der Waals surface area contributed by atoms with Gasteiger partial charge >= 0.3 is 0 Å². The van der Waals surface area contributed by atoms with Crippen molar-refractivity contribution in [1.29, 1.82) is 0 Å². The van der Waals surface area contributed by atoms with Crippen molar-refractivity contribution < 1.29 is 5.21 Å². The van der Waals surface area contributed by atoms with Crippen LogP contribution in [0.25, 0.3) is 0 Å². The van der Waals surface area contributed by atoms with Gasteiger partial charge in [0.1, 0.15) is 0 Å². The van der Waals surface area contributed by atoms with Crippen molar-refractivity contribution in [2.75, 3.05) is 0 Å². The lowest BCUT2D eigenvalue weighted by molar-refractivity contribution is 0.281. The van der Waals surface area contributed by atoms with Gasteiger partial charge in [-0.15, -0.1) is 0 Å². The van der Waals surface area contributed by atoms with E-state index in [-0.39, 0.29) is 0 Å². The van der Waals surface area contributed by atoms with E-state index in [4.69, 9.17) is 5.21 Å². The van der Waals surface area contributed by atoms with E-state index < -0.39 is 0 Å². The molecule has 4 heteroatoms. The summed E-state index contributed by atoms with van der Waals surface area (Å²) >= 11 is 0. The minimum Gasteiger partial charge on any atom is -0.393 e. The van der Waals surface area contributed by atoms with Crippen LogP contribution in [-0.2, 0) is 0 Å². The Hall–Kier alpha value is -0.800. The molecule has 0 spiro atoms. The van der Waals surface area contributed by atoms with Crippen LogP contribution in [0.15, 0.2) is 10.5 Å². The minimum absolute atomic E-state index is 2.14. The highest BCUT2D eigenvalue weighted by atomic mass is 16.5. The summed E-state index contributed by atoms with van der Waals surface area (Å²) in [6.45, 7) is 0. The second kappa shape index (κ2) is 2.20. The maximum Gasteiger partial charge on any atom is 0.0425 e. The Labute approximate surface area is 22.9 Å². The Kier molecular flexibility index (Phi) is 1.76. The molecule has 0 heterocycles. The van der Waals surface area contributed by atoms with E-state index in [1.54, 1.807) is 0 Å². The van der Waals surface area contributed by atoms with Crippen LogP contribution in [0, 0.1) is 0 Å². The fourth-order valence-corrected chi connectivity index (χ4v) is 0. The highest BCUT2D eigenvalue weighted by molar-refractivity contribution is 3.68. The third-order valence-corrected chi connectivity index (χ3v) is 0.0516. The Bertz CT molecular complexity index is 18.5. The quantitative estimate of drug-likeness (QED) is 0.229. The van der Waals surface area contributed by atoms with E-state index in [2.05, 4.69) is 16.3 Å². The lowest BCUT2D eigenvalue weighted by Crippen LogP contribution is -1.70. The molecule has 0 aromatic carbocycles. The first-order chi connectivity index (χ1) is 1.91. The van der Waals surface area contributed by atoms with Crippen LogP contribution >= 0.6 is 0 Å². The summed E-state index contributed by atoms with van der Waals surface area (Å²) < 4.78 is 0. The SMILES string of the molecule is NN=NO. The van der Waals surface area contributed by atoms with Gasteiger partial charge in [-0.1, -0.05) is 0 Å². The molecule has 3 N–H and O–H groups in total. The molecule has 0 aromatic rings. The fourth-order valence-electron chi connectivity index (χ4n) is 0.